The highest BCUT2D eigenvalue weighted by Crippen LogP contribution is 2.40. The Balaban J connectivity index is 2.12. The first kappa shape index (κ1) is 6.16. The van der Waals surface area contributed by atoms with Crippen molar-refractivity contribution in [3.8, 4) is 0 Å². The molecule has 1 heterocycles. The molecule has 1 saturated carbocycles. The molecule has 1 aliphatic carbocycles. The van der Waals surface area contributed by atoms with Gasteiger partial charge in [-0.05, 0) is 12.8 Å². The lowest BCUT2D eigenvalue weighted by Crippen LogP contribution is -2.30. The van der Waals surface area contributed by atoms with Crippen molar-refractivity contribution in [3.05, 3.63) is 0 Å². The average molecular weight is 141 g/mol. The Morgan fingerprint density at radius 2 is 2.40 bits per heavy atom. The molecule has 2 atom stereocenters. The van der Waals surface area contributed by atoms with Gasteiger partial charge in [0.15, 0.2) is 0 Å². The minimum Gasteiger partial charge on any atom is -0.480 e. The summed E-state index contributed by atoms with van der Waals surface area (Å²) in [5.41, 5.74) is -0.488. The first-order chi connectivity index (χ1) is 4.76. The molecule has 2 fully saturated rings. The first-order valence-electron chi connectivity index (χ1n) is 3.77. The molecule has 0 radical (unpaired) electrons. The van der Waals surface area contributed by atoms with E-state index < -0.39 is 11.5 Å². The molecule has 2 unspecified atom stereocenters. The Morgan fingerprint density at radius 3 is 2.90 bits per heavy atom. The third-order valence-corrected chi connectivity index (χ3v) is 2.64. The maximum absolute atomic E-state index is 10.7. The molecule has 0 amide bonds. The fraction of sp³-hybridized carbons (Fsp3) is 0.857. The summed E-state index contributed by atoms with van der Waals surface area (Å²) in [7, 11) is 0. The van der Waals surface area contributed by atoms with Crippen molar-refractivity contribution >= 4 is 5.97 Å². The summed E-state index contributed by atoms with van der Waals surface area (Å²) in [6.07, 6.45) is 4.13. The number of nitrogens with one attached hydrogen (secondary N) is 1. The van der Waals surface area contributed by atoms with Gasteiger partial charge >= 0.3 is 5.97 Å². The van der Waals surface area contributed by atoms with Crippen LogP contribution in [0.2, 0.25) is 0 Å². The van der Waals surface area contributed by atoms with Crippen LogP contribution < -0.4 is 5.32 Å². The van der Waals surface area contributed by atoms with E-state index in [1.54, 1.807) is 0 Å². The molecule has 2 rings (SSSR count). The van der Waals surface area contributed by atoms with E-state index in [0.717, 1.165) is 19.3 Å². The molecule has 56 valence electrons. The Kier molecular flexibility index (Phi) is 1.06. The van der Waals surface area contributed by atoms with Gasteiger partial charge in [0.05, 0.1) is 0 Å². The van der Waals surface area contributed by atoms with Crippen molar-refractivity contribution in [2.75, 3.05) is 0 Å². The standard InChI is InChI=1S/C7H11NO2/c9-6(10)7-4-2-1-3-5(7)8-7/h5,8H,1-4H2,(H,9,10). The highest BCUT2D eigenvalue weighted by atomic mass is 16.4. The molecule has 0 aromatic rings. The summed E-state index contributed by atoms with van der Waals surface area (Å²) in [4.78, 5) is 10.7. The fourth-order valence-corrected chi connectivity index (χ4v) is 1.90. The minimum absolute atomic E-state index is 0.291. The number of fused-ring (bicyclic) bond motifs is 1. The van der Waals surface area contributed by atoms with Gasteiger partial charge in [-0.15, -0.1) is 0 Å². The molecular formula is C7H11NO2. The van der Waals surface area contributed by atoms with E-state index in [1.165, 1.54) is 6.42 Å². The summed E-state index contributed by atoms with van der Waals surface area (Å²) in [5.74, 6) is -0.655. The van der Waals surface area contributed by atoms with Crippen molar-refractivity contribution in [2.24, 2.45) is 0 Å². The van der Waals surface area contributed by atoms with Crippen LogP contribution in [0.5, 0.6) is 0 Å². The number of hydrogen-bond donors (Lipinski definition) is 2. The zero-order valence-corrected chi connectivity index (χ0v) is 5.76. The fourth-order valence-electron chi connectivity index (χ4n) is 1.90. The van der Waals surface area contributed by atoms with Crippen molar-refractivity contribution in [2.45, 2.75) is 37.3 Å². The van der Waals surface area contributed by atoms with Gasteiger partial charge in [-0.2, -0.15) is 0 Å². The SMILES string of the molecule is O=C(O)C12CCCCC1N2. The molecule has 3 nitrogen and oxygen atoms in total. The van der Waals surface area contributed by atoms with Gasteiger partial charge in [0, 0.05) is 6.04 Å². The van der Waals surface area contributed by atoms with Gasteiger partial charge in [-0.1, -0.05) is 12.8 Å². The van der Waals surface area contributed by atoms with Crippen molar-refractivity contribution in [1.82, 2.24) is 5.32 Å². The van der Waals surface area contributed by atoms with E-state index in [2.05, 4.69) is 5.32 Å². The maximum atomic E-state index is 10.7. The van der Waals surface area contributed by atoms with Crippen LogP contribution in [0.25, 0.3) is 0 Å². The minimum atomic E-state index is -0.655. The topological polar surface area (TPSA) is 59.2 Å². The van der Waals surface area contributed by atoms with Gasteiger partial charge in [0.25, 0.3) is 0 Å². The molecule has 1 saturated heterocycles. The second-order valence-electron chi connectivity index (χ2n) is 3.22. The predicted octanol–water partition coefficient (Wildman–Crippen LogP) is 0.356. The number of hydrogen-bond acceptors (Lipinski definition) is 2. The van der Waals surface area contributed by atoms with Gasteiger partial charge in [0.1, 0.15) is 5.54 Å². The third-order valence-electron chi connectivity index (χ3n) is 2.64. The zero-order chi connectivity index (χ0) is 7.19. The van der Waals surface area contributed by atoms with Crippen LogP contribution in [0, 0.1) is 0 Å². The normalized spacial score (nSPS) is 44.2. The van der Waals surface area contributed by atoms with Gasteiger partial charge in [-0.3, -0.25) is 10.1 Å². The smallest absolute Gasteiger partial charge is 0.325 e. The molecular weight excluding hydrogens is 130 g/mol. The van der Waals surface area contributed by atoms with Gasteiger partial charge in [0.2, 0.25) is 0 Å². The average Bonchev–Trinajstić information content (AvgIpc) is 2.61. The molecule has 0 spiro atoms. The molecule has 2 aliphatic rings. The van der Waals surface area contributed by atoms with E-state index >= 15 is 0 Å². The van der Waals surface area contributed by atoms with Crippen LogP contribution in [-0.4, -0.2) is 22.7 Å². The van der Waals surface area contributed by atoms with Crippen LogP contribution in [-0.2, 0) is 4.79 Å². The van der Waals surface area contributed by atoms with Crippen molar-refractivity contribution < 1.29 is 9.90 Å². The number of carboxylic acids is 1. The Bertz CT molecular complexity index is 180. The number of carbonyl (C=O) groups is 1. The zero-order valence-electron chi connectivity index (χ0n) is 5.76. The Morgan fingerprint density at radius 1 is 1.60 bits per heavy atom. The number of rotatable bonds is 1. The largest absolute Gasteiger partial charge is 0.480 e. The number of aliphatic carboxylic acids is 1. The third kappa shape index (κ3) is 0.611. The Labute approximate surface area is 59.4 Å². The van der Waals surface area contributed by atoms with E-state index in [4.69, 9.17) is 5.11 Å². The number of carboxylic acid groups (broad SMARTS) is 1. The van der Waals surface area contributed by atoms with Gasteiger partial charge in [-0.25, -0.2) is 0 Å². The van der Waals surface area contributed by atoms with Gasteiger partial charge < -0.3 is 5.11 Å². The molecule has 10 heavy (non-hydrogen) atoms. The maximum Gasteiger partial charge on any atom is 0.325 e. The Hall–Kier alpha value is -0.570. The second kappa shape index (κ2) is 1.72. The lowest BCUT2D eigenvalue weighted by atomic mass is 9.89. The van der Waals surface area contributed by atoms with E-state index in [9.17, 15) is 4.79 Å². The molecule has 0 aromatic carbocycles. The van der Waals surface area contributed by atoms with Crippen molar-refractivity contribution in [1.29, 1.82) is 0 Å². The lowest BCUT2D eigenvalue weighted by molar-refractivity contribution is -0.140. The lowest BCUT2D eigenvalue weighted by Gasteiger charge is -2.13. The molecule has 3 heteroatoms. The van der Waals surface area contributed by atoms with E-state index in [0.29, 0.717) is 6.04 Å². The van der Waals surface area contributed by atoms with E-state index in [1.807, 2.05) is 0 Å². The van der Waals surface area contributed by atoms with Crippen LogP contribution >= 0.6 is 0 Å². The highest BCUT2D eigenvalue weighted by Gasteiger charge is 2.60. The van der Waals surface area contributed by atoms with Crippen LogP contribution in [0.3, 0.4) is 0 Å². The highest BCUT2D eigenvalue weighted by molar-refractivity contribution is 5.84. The quantitative estimate of drug-likeness (QED) is 0.518. The summed E-state index contributed by atoms with van der Waals surface area (Å²) < 4.78 is 0. The van der Waals surface area contributed by atoms with Crippen molar-refractivity contribution in [3.63, 3.8) is 0 Å². The molecule has 1 aliphatic heterocycles. The second-order valence-corrected chi connectivity index (χ2v) is 3.22. The summed E-state index contributed by atoms with van der Waals surface area (Å²) in [6.45, 7) is 0. The van der Waals surface area contributed by atoms with Crippen LogP contribution in [0.1, 0.15) is 25.7 Å². The van der Waals surface area contributed by atoms with Crippen LogP contribution in [0.4, 0.5) is 0 Å². The summed E-state index contributed by atoms with van der Waals surface area (Å²) >= 11 is 0. The van der Waals surface area contributed by atoms with Crippen LogP contribution in [0.15, 0.2) is 0 Å². The monoisotopic (exact) mass is 141 g/mol. The molecule has 0 bridgehead atoms. The molecule has 2 N–H and O–H groups in total. The predicted molar refractivity (Wildman–Crippen MR) is 35.8 cm³/mol. The summed E-state index contributed by atoms with van der Waals surface area (Å²) in [6, 6.07) is 0.291. The first-order valence-corrected chi connectivity index (χ1v) is 3.77. The van der Waals surface area contributed by atoms with E-state index in [-0.39, 0.29) is 0 Å². The molecule has 0 aromatic heterocycles. The summed E-state index contributed by atoms with van der Waals surface area (Å²) in [5, 5.41) is 11.8.